The first-order valence-corrected chi connectivity index (χ1v) is 5.94. The summed E-state index contributed by atoms with van der Waals surface area (Å²) in [4.78, 5) is 4.34. The molecule has 1 aromatic heterocycles. The molecule has 0 atom stereocenters. The topological polar surface area (TPSA) is 39.6 Å². The number of rotatable bonds is 3. The number of nitrogens with zero attached hydrogens (tertiary/aromatic N) is 1. The highest BCUT2D eigenvalue weighted by Crippen LogP contribution is 2.29. The average Bonchev–Trinajstić information content (AvgIpc) is 2.62. The van der Waals surface area contributed by atoms with E-state index in [4.69, 9.17) is 16.9 Å². The van der Waals surface area contributed by atoms with E-state index in [-0.39, 0.29) is 0 Å². The van der Waals surface area contributed by atoms with Gasteiger partial charge in [0.2, 0.25) is 0 Å². The molecule has 0 saturated carbocycles. The highest BCUT2D eigenvalue weighted by Gasteiger charge is 2.04. The quantitative estimate of drug-likeness (QED) is 0.650. The van der Waals surface area contributed by atoms with Gasteiger partial charge in [0.1, 0.15) is 0 Å². The van der Waals surface area contributed by atoms with E-state index in [2.05, 4.69) is 11.1 Å². The van der Waals surface area contributed by atoms with Gasteiger partial charge in [-0.1, -0.05) is 11.6 Å². The van der Waals surface area contributed by atoms with Crippen LogP contribution >= 0.6 is 23.4 Å². The first-order chi connectivity index (χ1) is 7.31. The smallest absolute Gasteiger partial charge is 0.0630 e. The van der Waals surface area contributed by atoms with E-state index in [0.717, 1.165) is 26.6 Å². The summed E-state index contributed by atoms with van der Waals surface area (Å²) in [6.45, 7) is 0. The molecule has 76 valence electrons. The van der Waals surface area contributed by atoms with Crippen LogP contribution in [0.1, 0.15) is 6.42 Å². The van der Waals surface area contributed by atoms with E-state index in [1.807, 2.05) is 24.4 Å². The predicted octanol–water partition coefficient (Wildman–Crippen LogP) is 3.83. The minimum absolute atomic E-state index is 0.567. The molecule has 0 aliphatic rings. The van der Waals surface area contributed by atoms with Crippen molar-refractivity contribution in [2.45, 2.75) is 11.3 Å². The molecule has 0 saturated heterocycles. The molecule has 0 unspecified atom stereocenters. The fourth-order valence-corrected chi connectivity index (χ4v) is 2.45. The van der Waals surface area contributed by atoms with Gasteiger partial charge in [0.25, 0.3) is 0 Å². The molecule has 0 radical (unpaired) electrons. The lowest BCUT2D eigenvalue weighted by atomic mass is 10.2. The molecule has 0 spiro atoms. The summed E-state index contributed by atoms with van der Waals surface area (Å²) in [7, 11) is 0. The molecule has 1 heterocycles. The Morgan fingerprint density at radius 3 is 3.13 bits per heavy atom. The zero-order chi connectivity index (χ0) is 10.7. The van der Waals surface area contributed by atoms with Crippen LogP contribution in [0.4, 0.5) is 0 Å². The number of fused-ring (bicyclic) bond motifs is 1. The Labute approximate surface area is 97.2 Å². The van der Waals surface area contributed by atoms with Crippen LogP contribution in [0.15, 0.2) is 29.3 Å². The third kappa shape index (κ3) is 2.28. The third-order valence-corrected chi connectivity index (χ3v) is 3.37. The second-order valence-electron chi connectivity index (χ2n) is 3.10. The summed E-state index contributed by atoms with van der Waals surface area (Å²) < 4.78 is 0. The first-order valence-electron chi connectivity index (χ1n) is 4.57. The van der Waals surface area contributed by atoms with Gasteiger partial charge in [-0.05, 0) is 18.2 Å². The van der Waals surface area contributed by atoms with Crippen molar-refractivity contribution in [3.05, 3.63) is 29.4 Å². The van der Waals surface area contributed by atoms with Crippen molar-refractivity contribution < 1.29 is 0 Å². The first kappa shape index (κ1) is 10.4. The van der Waals surface area contributed by atoms with Gasteiger partial charge in [-0.3, -0.25) is 0 Å². The van der Waals surface area contributed by atoms with Crippen LogP contribution in [0, 0.1) is 11.3 Å². The normalized spacial score (nSPS) is 10.4. The van der Waals surface area contributed by atoms with E-state index in [0.29, 0.717) is 6.42 Å². The summed E-state index contributed by atoms with van der Waals surface area (Å²) in [5, 5.41) is 10.3. The van der Waals surface area contributed by atoms with Crippen molar-refractivity contribution in [2.24, 2.45) is 0 Å². The van der Waals surface area contributed by atoms with Gasteiger partial charge in [-0.25, -0.2) is 0 Å². The van der Waals surface area contributed by atoms with Crippen LogP contribution < -0.4 is 0 Å². The SMILES string of the molecule is N#CCCSc1c[nH]c2ccc(Cl)cc12. The Kier molecular flexibility index (Phi) is 3.20. The molecule has 4 heteroatoms. The number of nitrogens with one attached hydrogen (secondary N) is 1. The molecule has 0 amide bonds. The largest absolute Gasteiger partial charge is 0.360 e. The summed E-state index contributed by atoms with van der Waals surface area (Å²) in [6.07, 6.45) is 2.53. The molecule has 0 fully saturated rings. The fraction of sp³-hybridized carbons (Fsp3) is 0.182. The standard InChI is InChI=1S/C11H9ClN2S/c12-8-2-3-10-9(6-8)11(7-14-10)15-5-1-4-13/h2-3,6-7,14H,1,5H2. The zero-order valence-electron chi connectivity index (χ0n) is 7.96. The molecule has 0 bridgehead atoms. The number of aromatic nitrogens is 1. The van der Waals surface area contributed by atoms with Crippen molar-refractivity contribution in [3.63, 3.8) is 0 Å². The summed E-state index contributed by atoms with van der Waals surface area (Å²) in [5.41, 5.74) is 1.08. The summed E-state index contributed by atoms with van der Waals surface area (Å²) >= 11 is 7.61. The molecular formula is C11H9ClN2S. The van der Waals surface area contributed by atoms with E-state index in [1.165, 1.54) is 0 Å². The predicted molar refractivity (Wildman–Crippen MR) is 64.3 cm³/mol. The number of H-pyrrole nitrogens is 1. The van der Waals surface area contributed by atoms with Crippen LogP contribution in [0.5, 0.6) is 0 Å². The third-order valence-electron chi connectivity index (χ3n) is 2.08. The van der Waals surface area contributed by atoms with Gasteiger partial charge < -0.3 is 4.98 Å². The lowest BCUT2D eigenvalue weighted by Crippen LogP contribution is -1.75. The molecule has 2 rings (SSSR count). The highest BCUT2D eigenvalue weighted by atomic mass is 35.5. The van der Waals surface area contributed by atoms with Crippen molar-refractivity contribution >= 4 is 34.3 Å². The Bertz CT molecular complexity index is 513. The van der Waals surface area contributed by atoms with Crippen molar-refractivity contribution in [3.8, 4) is 6.07 Å². The molecule has 2 nitrogen and oxygen atoms in total. The lowest BCUT2D eigenvalue weighted by Gasteiger charge is -1.96. The minimum atomic E-state index is 0.567. The van der Waals surface area contributed by atoms with Gasteiger partial charge in [0.05, 0.1) is 6.07 Å². The molecule has 1 N–H and O–H groups in total. The Morgan fingerprint density at radius 2 is 2.33 bits per heavy atom. The molecule has 2 aromatic rings. The van der Waals surface area contributed by atoms with E-state index >= 15 is 0 Å². The number of nitriles is 1. The lowest BCUT2D eigenvalue weighted by molar-refractivity contribution is 1.24. The molecule has 0 aliphatic carbocycles. The maximum absolute atomic E-state index is 8.46. The van der Waals surface area contributed by atoms with Crippen LogP contribution in [-0.4, -0.2) is 10.7 Å². The summed E-state index contributed by atoms with van der Waals surface area (Å²) in [6, 6.07) is 7.91. The van der Waals surface area contributed by atoms with Crippen LogP contribution in [0.25, 0.3) is 10.9 Å². The number of benzene rings is 1. The summed E-state index contributed by atoms with van der Waals surface area (Å²) in [5.74, 6) is 0.815. The van der Waals surface area contributed by atoms with Gasteiger partial charge in [-0.2, -0.15) is 5.26 Å². The van der Waals surface area contributed by atoms with Gasteiger partial charge in [0.15, 0.2) is 0 Å². The molecule has 15 heavy (non-hydrogen) atoms. The van der Waals surface area contributed by atoms with Crippen molar-refractivity contribution in [1.29, 1.82) is 5.26 Å². The van der Waals surface area contributed by atoms with Gasteiger partial charge >= 0.3 is 0 Å². The molecule has 0 aliphatic heterocycles. The van der Waals surface area contributed by atoms with E-state index < -0.39 is 0 Å². The average molecular weight is 237 g/mol. The maximum Gasteiger partial charge on any atom is 0.0630 e. The Morgan fingerprint density at radius 1 is 1.47 bits per heavy atom. The second kappa shape index (κ2) is 4.61. The second-order valence-corrected chi connectivity index (χ2v) is 4.67. The van der Waals surface area contributed by atoms with E-state index in [9.17, 15) is 0 Å². The van der Waals surface area contributed by atoms with Gasteiger partial charge in [0, 0.05) is 39.2 Å². The van der Waals surface area contributed by atoms with Crippen molar-refractivity contribution in [1.82, 2.24) is 4.98 Å². The monoisotopic (exact) mass is 236 g/mol. The number of thioether (sulfide) groups is 1. The Hall–Kier alpha value is -1.11. The van der Waals surface area contributed by atoms with Crippen LogP contribution in [-0.2, 0) is 0 Å². The maximum atomic E-state index is 8.46. The van der Waals surface area contributed by atoms with Crippen LogP contribution in [0.3, 0.4) is 0 Å². The Balaban J connectivity index is 2.28. The van der Waals surface area contributed by atoms with Crippen molar-refractivity contribution in [2.75, 3.05) is 5.75 Å². The number of hydrogen-bond acceptors (Lipinski definition) is 2. The number of hydrogen-bond donors (Lipinski definition) is 1. The molecular weight excluding hydrogens is 228 g/mol. The number of halogens is 1. The minimum Gasteiger partial charge on any atom is -0.360 e. The highest BCUT2D eigenvalue weighted by molar-refractivity contribution is 7.99. The fourth-order valence-electron chi connectivity index (χ4n) is 1.39. The van der Waals surface area contributed by atoms with E-state index in [1.54, 1.807) is 11.8 Å². The van der Waals surface area contributed by atoms with Gasteiger partial charge in [-0.15, -0.1) is 11.8 Å². The number of aromatic amines is 1. The van der Waals surface area contributed by atoms with Crippen LogP contribution in [0.2, 0.25) is 5.02 Å². The molecule has 1 aromatic carbocycles. The zero-order valence-corrected chi connectivity index (χ0v) is 9.53.